The predicted octanol–water partition coefficient (Wildman–Crippen LogP) is 2.35. The maximum atomic E-state index is 12.1. The van der Waals surface area contributed by atoms with Crippen molar-refractivity contribution < 1.29 is 17.8 Å². The number of urea groups is 1. The van der Waals surface area contributed by atoms with E-state index >= 15 is 0 Å². The molecule has 128 valence electrons. The minimum absolute atomic E-state index is 0.146. The van der Waals surface area contributed by atoms with Gasteiger partial charge in [0.2, 0.25) is 0 Å². The zero-order valence-corrected chi connectivity index (χ0v) is 13.9. The van der Waals surface area contributed by atoms with Crippen LogP contribution in [0.5, 0.6) is 0 Å². The van der Waals surface area contributed by atoms with E-state index in [4.69, 9.17) is 4.55 Å². The quantitative estimate of drug-likeness (QED) is 0.529. The van der Waals surface area contributed by atoms with Gasteiger partial charge in [0.25, 0.3) is 10.1 Å². The normalized spacial score (nSPS) is 11.2. The fourth-order valence-corrected chi connectivity index (χ4v) is 2.80. The summed E-state index contributed by atoms with van der Waals surface area (Å²) < 4.78 is 30.0. The Hall–Kier alpha value is -2.38. The van der Waals surface area contributed by atoms with Gasteiger partial charge in [-0.15, -0.1) is 0 Å². The molecule has 0 fully saturated rings. The van der Waals surface area contributed by atoms with Crippen molar-refractivity contribution in [1.29, 1.82) is 0 Å². The van der Waals surface area contributed by atoms with Crippen LogP contribution in [0.25, 0.3) is 0 Å². The lowest BCUT2D eigenvalue weighted by Gasteiger charge is -2.20. The van der Waals surface area contributed by atoms with Crippen molar-refractivity contribution in [2.45, 2.75) is 12.5 Å². The molecule has 6 nitrogen and oxygen atoms in total. The number of hydrogen-bond acceptors (Lipinski definition) is 3. The summed E-state index contributed by atoms with van der Waals surface area (Å²) in [6.07, 6.45) is 0.146. The van der Waals surface area contributed by atoms with Gasteiger partial charge in [-0.3, -0.25) is 4.55 Å². The Morgan fingerprint density at radius 1 is 0.958 bits per heavy atom. The Balaban J connectivity index is 2.00. The molecule has 0 aliphatic heterocycles. The highest BCUT2D eigenvalue weighted by Gasteiger charge is 2.16. The topological polar surface area (TPSA) is 95.5 Å². The van der Waals surface area contributed by atoms with E-state index < -0.39 is 16.1 Å². The highest BCUT2D eigenvalue weighted by molar-refractivity contribution is 7.85. The van der Waals surface area contributed by atoms with Crippen LogP contribution in [0, 0.1) is 0 Å². The third-order valence-electron chi connectivity index (χ3n) is 3.41. The molecule has 24 heavy (non-hydrogen) atoms. The molecule has 0 radical (unpaired) electrons. The van der Waals surface area contributed by atoms with E-state index in [0.29, 0.717) is 0 Å². The van der Waals surface area contributed by atoms with E-state index in [1.807, 2.05) is 60.7 Å². The highest BCUT2D eigenvalue weighted by Crippen LogP contribution is 2.21. The lowest BCUT2D eigenvalue weighted by atomic mass is 9.99. The van der Waals surface area contributed by atoms with Crippen LogP contribution in [0.15, 0.2) is 60.7 Å². The van der Waals surface area contributed by atoms with Crippen molar-refractivity contribution in [2.24, 2.45) is 0 Å². The van der Waals surface area contributed by atoms with Gasteiger partial charge in [-0.1, -0.05) is 60.7 Å². The van der Waals surface area contributed by atoms with Gasteiger partial charge in [0.05, 0.1) is 11.8 Å². The number of carbonyl (C=O) groups excluding carboxylic acids is 1. The first-order valence-electron chi connectivity index (χ1n) is 7.55. The van der Waals surface area contributed by atoms with Crippen LogP contribution in [-0.4, -0.2) is 31.3 Å². The Labute approximate surface area is 141 Å². The monoisotopic (exact) mass is 348 g/mol. The number of rotatable bonds is 7. The number of nitrogens with one attached hydrogen (secondary N) is 2. The van der Waals surface area contributed by atoms with Gasteiger partial charge in [0.1, 0.15) is 0 Å². The van der Waals surface area contributed by atoms with Crippen LogP contribution in [0.4, 0.5) is 4.79 Å². The SMILES string of the molecule is O=C(NCCCS(=O)(=O)O)NC(c1ccccc1)c1ccccc1. The van der Waals surface area contributed by atoms with Gasteiger partial charge in [0.15, 0.2) is 0 Å². The second-order valence-corrected chi connectivity index (χ2v) is 6.87. The molecule has 2 aromatic rings. The lowest BCUT2D eigenvalue weighted by Crippen LogP contribution is -2.39. The summed E-state index contributed by atoms with van der Waals surface area (Å²) in [5.41, 5.74) is 1.88. The summed E-state index contributed by atoms with van der Waals surface area (Å²) in [5, 5.41) is 5.48. The molecule has 0 aromatic heterocycles. The lowest BCUT2D eigenvalue weighted by molar-refractivity contribution is 0.238. The van der Waals surface area contributed by atoms with E-state index in [9.17, 15) is 13.2 Å². The summed E-state index contributed by atoms with van der Waals surface area (Å²) in [7, 11) is -4.00. The largest absolute Gasteiger partial charge is 0.338 e. The van der Waals surface area contributed by atoms with E-state index in [-0.39, 0.29) is 24.8 Å². The van der Waals surface area contributed by atoms with Crippen LogP contribution >= 0.6 is 0 Å². The average molecular weight is 348 g/mol. The molecule has 7 heteroatoms. The van der Waals surface area contributed by atoms with Gasteiger partial charge >= 0.3 is 6.03 Å². The molecule has 0 bridgehead atoms. The molecule has 0 heterocycles. The molecule has 0 atom stereocenters. The predicted molar refractivity (Wildman–Crippen MR) is 92.3 cm³/mol. The Morgan fingerprint density at radius 3 is 1.92 bits per heavy atom. The summed E-state index contributed by atoms with van der Waals surface area (Å²) in [4.78, 5) is 12.1. The molecule has 0 saturated carbocycles. The Bertz CT molecular complexity index is 709. The van der Waals surface area contributed by atoms with Gasteiger partial charge in [-0.2, -0.15) is 8.42 Å². The number of carbonyl (C=O) groups is 1. The fraction of sp³-hybridized carbons (Fsp3) is 0.235. The second-order valence-electron chi connectivity index (χ2n) is 5.29. The Morgan fingerprint density at radius 2 is 1.46 bits per heavy atom. The van der Waals surface area contributed by atoms with Crippen LogP contribution in [0.1, 0.15) is 23.6 Å². The summed E-state index contributed by atoms with van der Waals surface area (Å²) in [5.74, 6) is -0.381. The van der Waals surface area contributed by atoms with Crippen molar-refractivity contribution in [3.8, 4) is 0 Å². The molecule has 3 N–H and O–H groups in total. The maximum absolute atomic E-state index is 12.1. The van der Waals surface area contributed by atoms with Gasteiger partial charge < -0.3 is 10.6 Å². The molecular weight excluding hydrogens is 328 g/mol. The van der Waals surface area contributed by atoms with E-state index in [1.54, 1.807) is 0 Å². The van der Waals surface area contributed by atoms with Crippen LogP contribution in [0.3, 0.4) is 0 Å². The first-order chi connectivity index (χ1) is 11.5. The smallest absolute Gasteiger partial charge is 0.315 e. The molecule has 0 saturated heterocycles. The fourth-order valence-electron chi connectivity index (χ4n) is 2.29. The average Bonchev–Trinajstić information content (AvgIpc) is 2.57. The van der Waals surface area contributed by atoms with Crippen molar-refractivity contribution in [3.05, 3.63) is 71.8 Å². The van der Waals surface area contributed by atoms with E-state index in [1.165, 1.54) is 0 Å². The van der Waals surface area contributed by atoms with Crippen LogP contribution < -0.4 is 10.6 Å². The molecule has 2 aromatic carbocycles. The van der Waals surface area contributed by atoms with Crippen LogP contribution in [0.2, 0.25) is 0 Å². The molecule has 2 rings (SSSR count). The Kier molecular flexibility index (Phi) is 6.34. The zero-order chi connectivity index (χ0) is 17.4. The highest BCUT2D eigenvalue weighted by atomic mass is 32.2. The second kappa shape index (κ2) is 8.47. The standard InChI is InChI=1S/C17H20N2O4S/c20-17(18-12-7-13-24(21,22)23)19-16(14-8-3-1-4-9-14)15-10-5-2-6-11-15/h1-6,8-11,16H,7,12-13H2,(H2,18,19,20)(H,21,22,23). The summed E-state index contributed by atoms with van der Waals surface area (Å²) in [6.45, 7) is 0.155. The van der Waals surface area contributed by atoms with Crippen molar-refractivity contribution in [3.63, 3.8) is 0 Å². The molecular formula is C17H20N2O4S. The number of benzene rings is 2. The first kappa shape index (κ1) is 18.0. The van der Waals surface area contributed by atoms with Crippen molar-refractivity contribution >= 4 is 16.1 Å². The molecule has 0 aliphatic rings. The first-order valence-corrected chi connectivity index (χ1v) is 9.16. The van der Waals surface area contributed by atoms with Crippen molar-refractivity contribution in [1.82, 2.24) is 10.6 Å². The van der Waals surface area contributed by atoms with Gasteiger partial charge in [0, 0.05) is 6.54 Å². The van der Waals surface area contributed by atoms with Gasteiger partial charge in [-0.25, -0.2) is 4.79 Å². The van der Waals surface area contributed by atoms with Gasteiger partial charge in [-0.05, 0) is 17.5 Å². The number of hydrogen-bond donors (Lipinski definition) is 3. The third kappa shape index (κ3) is 6.02. The molecule has 2 amide bonds. The van der Waals surface area contributed by atoms with E-state index in [2.05, 4.69) is 10.6 Å². The minimum atomic E-state index is -4.00. The molecule has 0 aliphatic carbocycles. The third-order valence-corrected chi connectivity index (χ3v) is 4.21. The molecule has 0 spiro atoms. The summed E-state index contributed by atoms with van der Waals surface area (Å²) in [6, 6.07) is 18.4. The van der Waals surface area contributed by atoms with E-state index in [0.717, 1.165) is 11.1 Å². The minimum Gasteiger partial charge on any atom is -0.338 e. The maximum Gasteiger partial charge on any atom is 0.315 e. The summed E-state index contributed by atoms with van der Waals surface area (Å²) >= 11 is 0. The number of amides is 2. The van der Waals surface area contributed by atoms with Crippen LogP contribution in [-0.2, 0) is 10.1 Å². The molecule has 0 unspecified atom stereocenters. The van der Waals surface area contributed by atoms with Crippen molar-refractivity contribution in [2.75, 3.05) is 12.3 Å². The zero-order valence-electron chi connectivity index (χ0n) is 13.1.